The van der Waals surface area contributed by atoms with Crippen LogP contribution in [0, 0.1) is 0 Å². The number of thiazole rings is 1. The highest BCUT2D eigenvalue weighted by molar-refractivity contribution is 7.18. The third kappa shape index (κ3) is 2.58. The van der Waals surface area contributed by atoms with Crippen molar-refractivity contribution in [3.05, 3.63) is 29.3 Å². The third-order valence-electron chi connectivity index (χ3n) is 2.45. The van der Waals surface area contributed by atoms with Crippen LogP contribution in [0.2, 0.25) is 0 Å². The SMILES string of the molecule is CC(C)(CO)NCc1nc2ccccc2s1. The predicted octanol–water partition coefficient (Wildman–Crippen LogP) is 2.16. The van der Waals surface area contributed by atoms with Gasteiger partial charge in [0.15, 0.2) is 0 Å². The average Bonchev–Trinajstić information content (AvgIpc) is 2.69. The van der Waals surface area contributed by atoms with E-state index >= 15 is 0 Å². The molecule has 2 aromatic rings. The van der Waals surface area contributed by atoms with Crippen molar-refractivity contribution < 1.29 is 5.11 Å². The number of para-hydroxylation sites is 1. The zero-order valence-electron chi connectivity index (χ0n) is 9.53. The van der Waals surface area contributed by atoms with Gasteiger partial charge in [0.25, 0.3) is 0 Å². The molecule has 0 unspecified atom stereocenters. The van der Waals surface area contributed by atoms with E-state index in [0.717, 1.165) is 10.5 Å². The average molecular weight is 236 g/mol. The molecule has 0 aliphatic carbocycles. The van der Waals surface area contributed by atoms with Crippen molar-refractivity contribution in [2.45, 2.75) is 25.9 Å². The molecule has 0 aliphatic rings. The second-order valence-electron chi connectivity index (χ2n) is 4.47. The summed E-state index contributed by atoms with van der Waals surface area (Å²) in [6.45, 7) is 4.77. The molecule has 0 fully saturated rings. The largest absolute Gasteiger partial charge is 0.394 e. The van der Waals surface area contributed by atoms with Gasteiger partial charge in [-0.3, -0.25) is 0 Å². The Hall–Kier alpha value is -0.970. The maximum atomic E-state index is 9.13. The van der Waals surface area contributed by atoms with Gasteiger partial charge >= 0.3 is 0 Å². The molecule has 0 spiro atoms. The van der Waals surface area contributed by atoms with Gasteiger partial charge in [0.2, 0.25) is 0 Å². The van der Waals surface area contributed by atoms with E-state index in [1.807, 2.05) is 32.0 Å². The van der Waals surface area contributed by atoms with E-state index in [9.17, 15) is 0 Å². The lowest BCUT2D eigenvalue weighted by atomic mass is 10.1. The molecule has 0 radical (unpaired) electrons. The molecule has 2 rings (SSSR count). The number of benzene rings is 1. The molecule has 16 heavy (non-hydrogen) atoms. The van der Waals surface area contributed by atoms with Gasteiger partial charge in [-0.25, -0.2) is 4.98 Å². The predicted molar refractivity (Wildman–Crippen MR) is 67.6 cm³/mol. The highest BCUT2D eigenvalue weighted by Gasteiger charge is 2.15. The van der Waals surface area contributed by atoms with E-state index in [2.05, 4.69) is 16.4 Å². The smallest absolute Gasteiger partial charge is 0.108 e. The van der Waals surface area contributed by atoms with Crippen molar-refractivity contribution in [3.63, 3.8) is 0 Å². The van der Waals surface area contributed by atoms with Crippen LogP contribution in [0.25, 0.3) is 10.2 Å². The Morgan fingerprint density at radius 3 is 2.81 bits per heavy atom. The summed E-state index contributed by atoms with van der Waals surface area (Å²) in [5, 5.41) is 13.5. The zero-order valence-corrected chi connectivity index (χ0v) is 10.3. The number of fused-ring (bicyclic) bond motifs is 1. The third-order valence-corrected chi connectivity index (χ3v) is 3.49. The normalized spacial score (nSPS) is 12.2. The molecular weight excluding hydrogens is 220 g/mol. The quantitative estimate of drug-likeness (QED) is 0.855. The highest BCUT2D eigenvalue weighted by atomic mass is 32.1. The molecule has 0 bridgehead atoms. The van der Waals surface area contributed by atoms with Gasteiger partial charge in [0.1, 0.15) is 5.01 Å². The number of aliphatic hydroxyl groups is 1. The van der Waals surface area contributed by atoms with Crippen LogP contribution in [0.4, 0.5) is 0 Å². The first-order valence-electron chi connectivity index (χ1n) is 5.31. The van der Waals surface area contributed by atoms with Crippen LogP contribution in [0.1, 0.15) is 18.9 Å². The molecule has 0 atom stereocenters. The minimum atomic E-state index is -0.252. The lowest BCUT2D eigenvalue weighted by Crippen LogP contribution is -2.42. The lowest BCUT2D eigenvalue weighted by Gasteiger charge is -2.22. The Morgan fingerprint density at radius 2 is 2.12 bits per heavy atom. The molecule has 1 heterocycles. The molecule has 1 aromatic carbocycles. The summed E-state index contributed by atoms with van der Waals surface area (Å²) in [5.74, 6) is 0. The molecule has 0 amide bonds. The van der Waals surface area contributed by atoms with Crippen molar-refractivity contribution in [1.82, 2.24) is 10.3 Å². The number of nitrogens with one attached hydrogen (secondary N) is 1. The van der Waals surface area contributed by atoms with Crippen molar-refractivity contribution >= 4 is 21.6 Å². The number of aromatic nitrogens is 1. The van der Waals surface area contributed by atoms with E-state index in [-0.39, 0.29) is 12.1 Å². The summed E-state index contributed by atoms with van der Waals surface area (Å²) in [6, 6.07) is 8.12. The van der Waals surface area contributed by atoms with Gasteiger partial charge in [-0.1, -0.05) is 12.1 Å². The number of hydrogen-bond donors (Lipinski definition) is 2. The fraction of sp³-hybridized carbons (Fsp3) is 0.417. The Bertz CT molecular complexity index is 446. The van der Waals surface area contributed by atoms with Crippen LogP contribution >= 0.6 is 11.3 Å². The Balaban J connectivity index is 2.10. The first-order chi connectivity index (χ1) is 7.61. The Labute approximate surface area is 99.1 Å². The second kappa shape index (κ2) is 4.49. The standard InChI is InChI=1S/C12H16N2OS/c1-12(2,8-15)13-7-11-14-9-5-3-4-6-10(9)16-11/h3-6,13,15H,7-8H2,1-2H3. The summed E-state index contributed by atoms with van der Waals surface area (Å²) in [6.07, 6.45) is 0. The minimum Gasteiger partial charge on any atom is -0.394 e. The molecule has 86 valence electrons. The number of aliphatic hydroxyl groups excluding tert-OH is 1. The number of hydrogen-bond acceptors (Lipinski definition) is 4. The van der Waals surface area contributed by atoms with E-state index in [1.54, 1.807) is 11.3 Å². The molecule has 1 aromatic heterocycles. The summed E-state index contributed by atoms with van der Waals surface area (Å²) in [4.78, 5) is 4.52. The minimum absolute atomic E-state index is 0.123. The summed E-state index contributed by atoms with van der Waals surface area (Å²) >= 11 is 1.69. The van der Waals surface area contributed by atoms with Gasteiger partial charge in [0.05, 0.1) is 16.8 Å². The van der Waals surface area contributed by atoms with E-state index in [1.165, 1.54) is 4.70 Å². The van der Waals surface area contributed by atoms with Crippen molar-refractivity contribution in [1.29, 1.82) is 0 Å². The van der Waals surface area contributed by atoms with Gasteiger partial charge in [0, 0.05) is 12.1 Å². The number of rotatable bonds is 4. The summed E-state index contributed by atoms with van der Waals surface area (Å²) in [5.41, 5.74) is 0.795. The first-order valence-corrected chi connectivity index (χ1v) is 6.13. The van der Waals surface area contributed by atoms with E-state index in [0.29, 0.717) is 6.54 Å². The second-order valence-corrected chi connectivity index (χ2v) is 5.59. The van der Waals surface area contributed by atoms with Crippen LogP contribution < -0.4 is 5.32 Å². The van der Waals surface area contributed by atoms with Crippen molar-refractivity contribution in [2.24, 2.45) is 0 Å². The maximum absolute atomic E-state index is 9.13. The zero-order chi connectivity index (χ0) is 11.6. The highest BCUT2D eigenvalue weighted by Crippen LogP contribution is 2.21. The first kappa shape index (κ1) is 11.5. The monoisotopic (exact) mass is 236 g/mol. The fourth-order valence-electron chi connectivity index (χ4n) is 1.37. The van der Waals surface area contributed by atoms with Crippen molar-refractivity contribution in [2.75, 3.05) is 6.61 Å². The maximum Gasteiger partial charge on any atom is 0.108 e. The van der Waals surface area contributed by atoms with Crippen LogP contribution in [0.3, 0.4) is 0 Å². The molecule has 4 heteroatoms. The molecule has 0 saturated carbocycles. The van der Waals surface area contributed by atoms with Gasteiger partial charge in [-0.2, -0.15) is 0 Å². The Morgan fingerprint density at radius 1 is 1.38 bits per heavy atom. The number of nitrogens with zero attached hydrogens (tertiary/aromatic N) is 1. The molecule has 0 saturated heterocycles. The molecular formula is C12H16N2OS. The van der Waals surface area contributed by atoms with Crippen LogP contribution in [0.15, 0.2) is 24.3 Å². The Kier molecular flexibility index (Phi) is 3.23. The van der Waals surface area contributed by atoms with Crippen LogP contribution in [-0.4, -0.2) is 22.2 Å². The molecule has 3 nitrogen and oxygen atoms in total. The van der Waals surface area contributed by atoms with Gasteiger partial charge in [-0.15, -0.1) is 11.3 Å². The van der Waals surface area contributed by atoms with Crippen LogP contribution in [0.5, 0.6) is 0 Å². The van der Waals surface area contributed by atoms with Crippen molar-refractivity contribution in [3.8, 4) is 0 Å². The summed E-state index contributed by atoms with van der Waals surface area (Å²) in [7, 11) is 0. The lowest BCUT2D eigenvalue weighted by molar-refractivity contribution is 0.187. The van der Waals surface area contributed by atoms with Gasteiger partial charge in [-0.05, 0) is 26.0 Å². The molecule has 0 aliphatic heterocycles. The van der Waals surface area contributed by atoms with Crippen LogP contribution in [-0.2, 0) is 6.54 Å². The summed E-state index contributed by atoms with van der Waals surface area (Å²) < 4.78 is 1.21. The molecule has 2 N–H and O–H groups in total. The topological polar surface area (TPSA) is 45.1 Å². The fourth-order valence-corrected chi connectivity index (χ4v) is 2.27. The van der Waals surface area contributed by atoms with E-state index in [4.69, 9.17) is 5.11 Å². The van der Waals surface area contributed by atoms with E-state index < -0.39 is 0 Å². The van der Waals surface area contributed by atoms with Gasteiger partial charge < -0.3 is 10.4 Å².